The Morgan fingerprint density at radius 1 is 1.17 bits per heavy atom. The van der Waals surface area contributed by atoms with Crippen molar-refractivity contribution in [1.29, 1.82) is 0 Å². The molecule has 0 spiro atoms. The predicted octanol–water partition coefficient (Wildman–Crippen LogP) is 3.36. The Hall–Kier alpha value is -2.46. The Balaban J connectivity index is 2.18. The Labute approximate surface area is 181 Å². The van der Waals surface area contributed by atoms with Crippen molar-refractivity contribution < 1.29 is 22.8 Å². The molecular weight excluding hydrogens is 430 g/mol. The summed E-state index contributed by atoms with van der Waals surface area (Å²) in [5, 5.41) is 5.55. The van der Waals surface area contributed by atoms with Crippen molar-refractivity contribution in [1.82, 2.24) is 9.79 Å². The molecule has 2 N–H and O–H groups in total. The van der Waals surface area contributed by atoms with E-state index in [1.165, 1.54) is 32.4 Å². The highest BCUT2D eigenvalue weighted by atomic mass is 35.5. The smallest absolute Gasteiger partial charge is 0.266 e. The number of amides is 2. The zero-order chi connectivity index (χ0) is 22.5. The third-order valence-corrected chi connectivity index (χ3v) is 6.59. The number of nitrogens with zero attached hydrogens (tertiary/aromatic N) is 1. The number of hydrogen-bond donors (Lipinski definition) is 2. The van der Waals surface area contributed by atoms with Crippen LogP contribution in [0.5, 0.6) is 0 Å². The number of rotatable bonds is 8. The molecule has 10 heteroatoms. The topological polar surface area (TPSA) is 105 Å². The van der Waals surface area contributed by atoms with E-state index in [0.717, 1.165) is 5.56 Å². The second-order valence-electron chi connectivity index (χ2n) is 6.46. The number of hydroxylamine groups is 1. The second-order valence-corrected chi connectivity index (χ2v) is 8.77. The molecule has 0 saturated carbocycles. The highest BCUT2D eigenvalue weighted by molar-refractivity contribution is 7.89. The largest absolute Gasteiger partial charge is 0.346 e. The zero-order valence-corrected chi connectivity index (χ0v) is 18.7. The van der Waals surface area contributed by atoms with Crippen LogP contribution in [0.4, 0.5) is 5.69 Å². The Bertz CT molecular complexity index is 1030. The van der Waals surface area contributed by atoms with Crippen LogP contribution in [0.25, 0.3) is 0 Å². The predicted molar refractivity (Wildman–Crippen MR) is 115 cm³/mol. The van der Waals surface area contributed by atoms with Gasteiger partial charge in [0.25, 0.3) is 15.9 Å². The van der Waals surface area contributed by atoms with Crippen molar-refractivity contribution in [2.24, 2.45) is 0 Å². The van der Waals surface area contributed by atoms with Crippen LogP contribution in [-0.4, -0.2) is 38.9 Å². The lowest BCUT2D eigenvalue weighted by Gasteiger charge is -2.17. The molecule has 0 saturated heterocycles. The number of benzene rings is 2. The molecular formula is C20H24ClN3O5S. The minimum atomic E-state index is -4.01. The number of nitrogens with one attached hydrogen (secondary N) is 2. The van der Waals surface area contributed by atoms with E-state index in [-0.39, 0.29) is 27.4 Å². The Morgan fingerprint density at radius 2 is 1.80 bits per heavy atom. The van der Waals surface area contributed by atoms with E-state index >= 15 is 0 Å². The molecule has 0 heterocycles. The maximum Gasteiger partial charge on any atom is 0.266 e. The Morgan fingerprint density at radius 3 is 2.37 bits per heavy atom. The fourth-order valence-electron chi connectivity index (χ4n) is 2.55. The first-order valence-electron chi connectivity index (χ1n) is 9.13. The average Bonchev–Trinajstić information content (AvgIpc) is 2.73. The maximum atomic E-state index is 12.7. The van der Waals surface area contributed by atoms with Crippen LogP contribution >= 0.6 is 11.6 Å². The van der Waals surface area contributed by atoms with Gasteiger partial charge in [0.1, 0.15) is 4.90 Å². The molecule has 30 heavy (non-hydrogen) atoms. The standard InChI is InChI=1S/C20H24ClN3O5S/c1-5-19(25)23-16-9-6-14(7-10-16)13(2)22-20(26)15-8-11-17(21)18(12-15)30(27,28)24(3)29-4/h6-13H,5H2,1-4H3,(H,22,26)(H,23,25). The second kappa shape index (κ2) is 10.0. The maximum absolute atomic E-state index is 12.7. The molecule has 0 aliphatic rings. The van der Waals surface area contributed by atoms with Gasteiger partial charge in [-0.1, -0.05) is 35.1 Å². The molecule has 0 aliphatic carbocycles. The summed E-state index contributed by atoms with van der Waals surface area (Å²) in [5.74, 6) is -0.546. The number of carbonyl (C=O) groups is 2. The summed E-state index contributed by atoms with van der Waals surface area (Å²) in [5.41, 5.74) is 1.62. The van der Waals surface area contributed by atoms with E-state index in [4.69, 9.17) is 16.4 Å². The van der Waals surface area contributed by atoms with Gasteiger partial charge in [0.05, 0.1) is 18.2 Å². The molecule has 2 aromatic rings. The van der Waals surface area contributed by atoms with Gasteiger partial charge >= 0.3 is 0 Å². The normalized spacial score (nSPS) is 12.5. The van der Waals surface area contributed by atoms with Crippen molar-refractivity contribution in [3.8, 4) is 0 Å². The molecule has 2 rings (SSSR count). The molecule has 2 aromatic carbocycles. The molecule has 1 unspecified atom stereocenters. The van der Waals surface area contributed by atoms with Crippen molar-refractivity contribution in [3.63, 3.8) is 0 Å². The molecule has 1 atom stereocenters. The number of anilines is 1. The van der Waals surface area contributed by atoms with E-state index in [0.29, 0.717) is 16.6 Å². The van der Waals surface area contributed by atoms with Crippen molar-refractivity contribution in [2.75, 3.05) is 19.5 Å². The molecule has 2 amide bonds. The van der Waals surface area contributed by atoms with Gasteiger partial charge in [-0.25, -0.2) is 8.42 Å². The fourth-order valence-corrected chi connectivity index (χ4v) is 4.02. The van der Waals surface area contributed by atoms with Crippen LogP contribution in [0.2, 0.25) is 5.02 Å². The summed E-state index contributed by atoms with van der Waals surface area (Å²) >= 11 is 6.03. The lowest BCUT2D eigenvalue weighted by Crippen LogP contribution is -2.28. The molecule has 0 aliphatic heterocycles. The zero-order valence-electron chi connectivity index (χ0n) is 17.1. The molecule has 162 valence electrons. The fraction of sp³-hybridized carbons (Fsp3) is 0.300. The van der Waals surface area contributed by atoms with Crippen molar-refractivity contribution in [3.05, 3.63) is 58.6 Å². The lowest BCUT2D eigenvalue weighted by molar-refractivity contribution is -0.115. The van der Waals surface area contributed by atoms with E-state index in [1.807, 2.05) is 0 Å². The number of halogens is 1. The summed E-state index contributed by atoms with van der Waals surface area (Å²) in [4.78, 5) is 28.6. The van der Waals surface area contributed by atoms with Gasteiger partial charge in [-0.15, -0.1) is 0 Å². The van der Waals surface area contributed by atoms with E-state index in [9.17, 15) is 18.0 Å². The van der Waals surface area contributed by atoms with Gasteiger partial charge in [-0.3, -0.25) is 14.4 Å². The van der Waals surface area contributed by atoms with E-state index < -0.39 is 15.9 Å². The molecule has 0 radical (unpaired) electrons. The lowest BCUT2D eigenvalue weighted by atomic mass is 10.1. The third-order valence-electron chi connectivity index (χ3n) is 4.43. The Kier molecular flexibility index (Phi) is 7.96. The van der Waals surface area contributed by atoms with E-state index in [2.05, 4.69) is 10.6 Å². The summed E-state index contributed by atoms with van der Waals surface area (Å²) in [6, 6.07) is 10.7. The summed E-state index contributed by atoms with van der Waals surface area (Å²) < 4.78 is 25.6. The van der Waals surface area contributed by atoms with Gasteiger partial charge in [0.15, 0.2) is 0 Å². The quantitative estimate of drug-likeness (QED) is 0.596. The van der Waals surface area contributed by atoms with Crippen LogP contribution in [0.15, 0.2) is 47.4 Å². The number of sulfonamides is 1. The van der Waals surface area contributed by atoms with Crippen LogP contribution in [0, 0.1) is 0 Å². The van der Waals surface area contributed by atoms with Gasteiger partial charge in [-0.2, -0.15) is 0 Å². The van der Waals surface area contributed by atoms with Crippen molar-refractivity contribution in [2.45, 2.75) is 31.2 Å². The number of carbonyl (C=O) groups excluding carboxylic acids is 2. The van der Waals surface area contributed by atoms with Crippen LogP contribution in [0.3, 0.4) is 0 Å². The molecule has 8 nitrogen and oxygen atoms in total. The summed E-state index contributed by atoms with van der Waals surface area (Å²) in [6.07, 6.45) is 0.382. The third kappa shape index (κ3) is 5.57. The number of hydrogen-bond acceptors (Lipinski definition) is 5. The summed E-state index contributed by atoms with van der Waals surface area (Å²) in [7, 11) is -1.57. The van der Waals surface area contributed by atoms with Gasteiger partial charge in [-0.05, 0) is 42.8 Å². The highest BCUT2D eigenvalue weighted by Gasteiger charge is 2.25. The first kappa shape index (κ1) is 23.8. The minimum Gasteiger partial charge on any atom is -0.346 e. The van der Waals surface area contributed by atoms with Gasteiger partial charge < -0.3 is 10.6 Å². The SMILES string of the molecule is CCC(=O)Nc1ccc(C(C)NC(=O)c2ccc(Cl)c(S(=O)(=O)N(C)OC)c2)cc1. The monoisotopic (exact) mass is 453 g/mol. The minimum absolute atomic E-state index is 0.0202. The average molecular weight is 454 g/mol. The van der Waals surface area contributed by atoms with Crippen molar-refractivity contribution >= 4 is 39.1 Å². The van der Waals surface area contributed by atoms with Gasteiger partial charge in [0.2, 0.25) is 5.91 Å². The van der Waals surface area contributed by atoms with E-state index in [1.54, 1.807) is 38.1 Å². The molecule has 0 bridgehead atoms. The molecule has 0 fully saturated rings. The highest BCUT2D eigenvalue weighted by Crippen LogP contribution is 2.26. The van der Waals surface area contributed by atoms with Crippen LogP contribution in [0.1, 0.15) is 42.2 Å². The molecule has 0 aromatic heterocycles. The van der Waals surface area contributed by atoms with Crippen LogP contribution in [-0.2, 0) is 19.7 Å². The van der Waals surface area contributed by atoms with Crippen LogP contribution < -0.4 is 10.6 Å². The summed E-state index contributed by atoms with van der Waals surface area (Å²) in [6.45, 7) is 3.56. The first-order valence-corrected chi connectivity index (χ1v) is 10.9. The van der Waals surface area contributed by atoms with Gasteiger partial charge in [0, 0.05) is 24.7 Å². The first-order chi connectivity index (χ1) is 14.1.